The SMILES string of the molecule is Cc1csc(CN2CCN(C(=O)COc3ccc(Cl)cc3)CC2)n1.Cl. The van der Waals surface area contributed by atoms with Crippen molar-refractivity contribution in [2.24, 2.45) is 0 Å². The van der Waals surface area contributed by atoms with Gasteiger partial charge in [0, 0.05) is 42.3 Å². The number of hydrogen-bond donors (Lipinski definition) is 0. The van der Waals surface area contributed by atoms with E-state index in [1.807, 2.05) is 11.8 Å². The molecule has 1 aromatic heterocycles. The molecule has 136 valence electrons. The third-order valence-electron chi connectivity index (χ3n) is 3.93. The number of thiazole rings is 1. The molecule has 2 heterocycles. The van der Waals surface area contributed by atoms with Crippen LogP contribution in [0.2, 0.25) is 5.02 Å². The Morgan fingerprint density at radius 2 is 1.92 bits per heavy atom. The van der Waals surface area contributed by atoms with Crippen molar-refractivity contribution in [3.63, 3.8) is 0 Å². The maximum Gasteiger partial charge on any atom is 0.260 e. The summed E-state index contributed by atoms with van der Waals surface area (Å²) in [6.45, 7) is 6.13. The molecule has 8 heteroatoms. The number of piperazine rings is 1. The van der Waals surface area contributed by atoms with Crippen LogP contribution < -0.4 is 4.74 Å². The number of benzene rings is 1. The van der Waals surface area contributed by atoms with Crippen LogP contribution in [0.25, 0.3) is 0 Å². The van der Waals surface area contributed by atoms with Crippen LogP contribution >= 0.6 is 35.3 Å². The van der Waals surface area contributed by atoms with Gasteiger partial charge >= 0.3 is 0 Å². The Bertz CT molecular complexity index is 685. The van der Waals surface area contributed by atoms with Crippen molar-refractivity contribution in [2.75, 3.05) is 32.8 Å². The van der Waals surface area contributed by atoms with Crippen molar-refractivity contribution < 1.29 is 9.53 Å². The monoisotopic (exact) mass is 401 g/mol. The number of hydrogen-bond acceptors (Lipinski definition) is 5. The van der Waals surface area contributed by atoms with E-state index in [-0.39, 0.29) is 24.9 Å². The lowest BCUT2D eigenvalue weighted by Gasteiger charge is -2.34. The lowest BCUT2D eigenvalue weighted by atomic mass is 10.3. The Kier molecular flexibility index (Phi) is 7.50. The number of carbonyl (C=O) groups is 1. The second-order valence-corrected chi connectivity index (χ2v) is 7.16. The van der Waals surface area contributed by atoms with Gasteiger partial charge in [-0.3, -0.25) is 9.69 Å². The van der Waals surface area contributed by atoms with Gasteiger partial charge in [0.15, 0.2) is 6.61 Å². The molecule has 0 radical (unpaired) electrons. The average molecular weight is 402 g/mol. The fourth-order valence-corrected chi connectivity index (χ4v) is 3.53. The number of aryl methyl sites for hydroxylation is 1. The summed E-state index contributed by atoms with van der Waals surface area (Å²) in [5.74, 6) is 0.681. The third-order valence-corrected chi connectivity index (χ3v) is 5.13. The quantitative estimate of drug-likeness (QED) is 0.771. The lowest BCUT2D eigenvalue weighted by molar-refractivity contribution is -0.135. The van der Waals surface area contributed by atoms with Gasteiger partial charge in [-0.25, -0.2) is 4.98 Å². The van der Waals surface area contributed by atoms with Crippen LogP contribution in [-0.2, 0) is 11.3 Å². The summed E-state index contributed by atoms with van der Waals surface area (Å²) >= 11 is 7.52. The van der Waals surface area contributed by atoms with E-state index in [0.29, 0.717) is 10.8 Å². The summed E-state index contributed by atoms with van der Waals surface area (Å²) in [5.41, 5.74) is 1.07. The summed E-state index contributed by atoms with van der Waals surface area (Å²) in [6.07, 6.45) is 0. The van der Waals surface area contributed by atoms with Crippen LogP contribution in [0, 0.1) is 6.92 Å². The number of carbonyl (C=O) groups excluding carboxylic acids is 1. The van der Waals surface area contributed by atoms with Crippen molar-refractivity contribution in [3.05, 3.63) is 45.4 Å². The fraction of sp³-hybridized carbons (Fsp3) is 0.412. The first-order chi connectivity index (χ1) is 11.6. The highest BCUT2D eigenvalue weighted by Gasteiger charge is 2.22. The van der Waals surface area contributed by atoms with Crippen molar-refractivity contribution in [1.82, 2.24) is 14.8 Å². The minimum atomic E-state index is 0. The highest BCUT2D eigenvalue weighted by molar-refractivity contribution is 7.09. The van der Waals surface area contributed by atoms with Crippen molar-refractivity contribution >= 4 is 41.3 Å². The minimum absolute atomic E-state index is 0. The maximum absolute atomic E-state index is 12.3. The molecule has 1 aromatic carbocycles. The Labute approximate surface area is 163 Å². The number of rotatable bonds is 5. The number of amides is 1. The molecule has 3 rings (SSSR count). The zero-order valence-corrected chi connectivity index (χ0v) is 16.4. The standard InChI is InChI=1S/C17H20ClN3O2S.ClH/c1-13-12-24-16(19-13)10-20-6-8-21(9-7-20)17(22)11-23-15-4-2-14(18)3-5-15;/h2-5,12H,6-11H2,1H3;1H. The average Bonchev–Trinajstić information content (AvgIpc) is 2.99. The molecule has 0 atom stereocenters. The van der Waals surface area contributed by atoms with E-state index in [4.69, 9.17) is 16.3 Å². The van der Waals surface area contributed by atoms with E-state index in [1.54, 1.807) is 35.6 Å². The number of nitrogens with zero attached hydrogens (tertiary/aromatic N) is 3. The van der Waals surface area contributed by atoms with Crippen LogP contribution in [-0.4, -0.2) is 53.5 Å². The van der Waals surface area contributed by atoms with Gasteiger partial charge in [0.25, 0.3) is 5.91 Å². The molecular formula is C17H21Cl2N3O2S. The van der Waals surface area contributed by atoms with Crippen molar-refractivity contribution in [3.8, 4) is 5.75 Å². The molecule has 0 spiro atoms. The van der Waals surface area contributed by atoms with E-state index < -0.39 is 0 Å². The molecule has 1 aliphatic rings. The molecular weight excluding hydrogens is 381 g/mol. The molecule has 25 heavy (non-hydrogen) atoms. The zero-order valence-electron chi connectivity index (χ0n) is 14.0. The lowest BCUT2D eigenvalue weighted by Crippen LogP contribution is -2.49. The Balaban J connectivity index is 0.00000225. The number of halogens is 2. The van der Waals surface area contributed by atoms with Gasteiger partial charge in [-0.2, -0.15) is 0 Å². The fourth-order valence-electron chi connectivity index (χ4n) is 2.59. The van der Waals surface area contributed by atoms with E-state index in [1.165, 1.54) is 0 Å². The maximum atomic E-state index is 12.3. The van der Waals surface area contributed by atoms with Gasteiger partial charge in [-0.15, -0.1) is 23.7 Å². The van der Waals surface area contributed by atoms with Gasteiger partial charge < -0.3 is 9.64 Å². The molecule has 1 amide bonds. The summed E-state index contributed by atoms with van der Waals surface area (Å²) in [6, 6.07) is 7.04. The topological polar surface area (TPSA) is 45.7 Å². The van der Waals surface area contributed by atoms with Gasteiger partial charge in [0.2, 0.25) is 0 Å². The highest BCUT2D eigenvalue weighted by Crippen LogP contribution is 2.16. The molecule has 1 aliphatic heterocycles. The number of ether oxygens (including phenoxy) is 1. The molecule has 0 bridgehead atoms. The first-order valence-corrected chi connectivity index (χ1v) is 9.15. The second kappa shape index (κ2) is 9.38. The molecule has 0 N–H and O–H groups in total. The second-order valence-electron chi connectivity index (χ2n) is 5.78. The summed E-state index contributed by atoms with van der Waals surface area (Å²) in [7, 11) is 0. The van der Waals surface area contributed by atoms with Gasteiger partial charge in [0.05, 0.1) is 6.54 Å². The van der Waals surface area contributed by atoms with Crippen LogP contribution in [0.15, 0.2) is 29.6 Å². The van der Waals surface area contributed by atoms with Gasteiger partial charge in [0.1, 0.15) is 10.8 Å². The molecule has 5 nitrogen and oxygen atoms in total. The van der Waals surface area contributed by atoms with Gasteiger partial charge in [-0.1, -0.05) is 11.6 Å². The van der Waals surface area contributed by atoms with E-state index in [2.05, 4.69) is 15.3 Å². The normalized spacial score (nSPS) is 14.9. The molecule has 0 aliphatic carbocycles. The molecule has 0 saturated carbocycles. The van der Waals surface area contributed by atoms with Crippen LogP contribution in [0.5, 0.6) is 5.75 Å². The summed E-state index contributed by atoms with van der Waals surface area (Å²) in [5, 5.41) is 3.86. The van der Waals surface area contributed by atoms with E-state index >= 15 is 0 Å². The largest absolute Gasteiger partial charge is 0.484 e. The molecule has 2 aromatic rings. The predicted molar refractivity (Wildman–Crippen MR) is 103 cm³/mol. The summed E-state index contributed by atoms with van der Waals surface area (Å²) < 4.78 is 5.53. The molecule has 1 fully saturated rings. The van der Waals surface area contributed by atoms with Crippen molar-refractivity contribution in [2.45, 2.75) is 13.5 Å². The minimum Gasteiger partial charge on any atom is -0.484 e. The van der Waals surface area contributed by atoms with Gasteiger partial charge in [-0.05, 0) is 31.2 Å². The first kappa shape index (κ1) is 20.0. The molecule has 1 saturated heterocycles. The Morgan fingerprint density at radius 1 is 1.24 bits per heavy atom. The van der Waals surface area contributed by atoms with E-state index in [9.17, 15) is 4.79 Å². The highest BCUT2D eigenvalue weighted by atomic mass is 35.5. The van der Waals surface area contributed by atoms with E-state index in [0.717, 1.165) is 43.4 Å². The smallest absolute Gasteiger partial charge is 0.260 e. The zero-order chi connectivity index (χ0) is 16.9. The van der Waals surface area contributed by atoms with Crippen LogP contribution in [0.1, 0.15) is 10.7 Å². The predicted octanol–water partition coefficient (Wildman–Crippen LogP) is 3.25. The Hall–Kier alpha value is -1.34. The first-order valence-electron chi connectivity index (χ1n) is 7.89. The van der Waals surface area contributed by atoms with Crippen molar-refractivity contribution in [1.29, 1.82) is 0 Å². The molecule has 0 unspecified atom stereocenters. The summed E-state index contributed by atoms with van der Waals surface area (Å²) in [4.78, 5) is 20.9. The third kappa shape index (κ3) is 5.85. The Morgan fingerprint density at radius 3 is 2.52 bits per heavy atom. The number of aromatic nitrogens is 1. The van der Waals surface area contributed by atoms with Crippen LogP contribution in [0.4, 0.5) is 0 Å². The van der Waals surface area contributed by atoms with Crippen LogP contribution in [0.3, 0.4) is 0 Å².